The summed E-state index contributed by atoms with van der Waals surface area (Å²) in [7, 11) is 0. The predicted octanol–water partition coefficient (Wildman–Crippen LogP) is 3.09. The van der Waals surface area contributed by atoms with Crippen LogP contribution in [0.15, 0.2) is 25.8 Å². The third-order valence-electron chi connectivity index (χ3n) is 6.25. The van der Waals surface area contributed by atoms with Gasteiger partial charge in [0.05, 0.1) is 0 Å². The van der Waals surface area contributed by atoms with Gasteiger partial charge in [-0.15, -0.1) is 0 Å². The lowest BCUT2D eigenvalue weighted by atomic mass is 10.00. The Morgan fingerprint density at radius 3 is 2.17 bits per heavy atom. The molecule has 0 saturated carbocycles. The Morgan fingerprint density at radius 2 is 1.50 bits per heavy atom. The smallest absolute Gasteiger partial charge is 0.339 e. The first kappa shape index (κ1) is 20.2. The van der Waals surface area contributed by atoms with E-state index in [2.05, 4.69) is 0 Å². The molecule has 1 aliphatic rings. The number of aryl methyl sites for hydroxylation is 3. The van der Waals surface area contributed by atoms with E-state index in [0.29, 0.717) is 49.3 Å². The van der Waals surface area contributed by atoms with Gasteiger partial charge in [0.15, 0.2) is 0 Å². The maximum atomic E-state index is 12.6. The first-order valence-corrected chi connectivity index (χ1v) is 10.3. The zero-order valence-corrected chi connectivity index (χ0v) is 17.8. The summed E-state index contributed by atoms with van der Waals surface area (Å²) in [6, 6.07) is 3.77. The minimum absolute atomic E-state index is 0.00569. The largest absolute Gasteiger partial charge is 0.461 e. The van der Waals surface area contributed by atoms with E-state index in [9.17, 15) is 14.4 Å². The Morgan fingerprint density at radius 1 is 0.900 bits per heavy atom. The maximum absolute atomic E-state index is 12.6. The number of carbonyl (C=O) groups excluding carboxylic acids is 2. The Hall–Kier alpha value is -3.09. The van der Waals surface area contributed by atoms with Crippen molar-refractivity contribution >= 4 is 33.8 Å². The Labute approximate surface area is 174 Å². The molecule has 3 heterocycles. The van der Waals surface area contributed by atoms with E-state index in [-0.39, 0.29) is 18.2 Å². The summed E-state index contributed by atoms with van der Waals surface area (Å²) in [6.07, 6.45) is 0.570. The van der Waals surface area contributed by atoms with Gasteiger partial charge in [-0.1, -0.05) is 0 Å². The van der Waals surface area contributed by atoms with Crippen molar-refractivity contribution in [3.63, 3.8) is 0 Å². The molecule has 1 aliphatic heterocycles. The molecular weight excluding hydrogens is 384 g/mol. The molecule has 158 valence electrons. The lowest BCUT2D eigenvalue weighted by Gasteiger charge is -2.34. The molecule has 7 heteroatoms. The summed E-state index contributed by atoms with van der Waals surface area (Å²) in [5, 5.41) is 1.87. The van der Waals surface area contributed by atoms with Gasteiger partial charge in [0, 0.05) is 61.9 Å². The van der Waals surface area contributed by atoms with Gasteiger partial charge >= 0.3 is 5.63 Å². The van der Waals surface area contributed by atoms with Crippen LogP contribution >= 0.6 is 0 Å². The summed E-state index contributed by atoms with van der Waals surface area (Å²) in [5.41, 5.74) is 3.24. The monoisotopic (exact) mass is 410 g/mol. The lowest BCUT2D eigenvalue weighted by molar-refractivity contribution is -0.138. The number of benzene rings is 1. The van der Waals surface area contributed by atoms with Crippen LogP contribution in [0.25, 0.3) is 21.9 Å². The van der Waals surface area contributed by atoms with Crippen LogP contribution in [-0.2, 0) is 16.0 Å². The zero-order chi connectivity index (χ0) is 21.6. The van der Waals surface area contributed by atoms with Crippen LogP contribution in [0.4, 0.5) is 0 Å². The van der Waals surface area contributed by atoms with Gasteiger partial charge in [-0.05, 0) is 44.4 Å². The molecule has 2 aromatic heterocycles. The quantitative estimate of drug-likeness (QED) is 0.620. The number of carbonyl (C=O) groups is 2. The number of amides is 2. The number of hydrogen-bond acceptors (Lipinski definition) is 5. The lowest BCUT2D eigenvalue weighted by Crippen LogP contribution is -2.50. The first-order valence-electron chi connectivity index (χ1n) is 10.3. The molecule has 0 aliphatic carbocycles. The fraction of sp³-hybridized carbons (Fsp3) is 0.435. The van der Waals surface area contributed by atoms with Gasteiger partial charge in [-0.25, -0.2) is 4.79 Å². The molecule has 0 bridgehead atoms. The minimum Gasteiger partial charge on any atom is -0.461 e. The molecular formula is C23H26N2O5. The predicted molar refractivity (Wildman–Crippen MR) is 114 cm³/mol. The summed E-state index contributed by atoms with van der Waals surface area (Å²) in [4.78, 5) is 40.2. The van der Waals surface area contributed by atoms with Crippen molar-refractivity contribution in [2.24, 2.45) is 0 Å². The van der Waals surface area contributed by atoms with Crippen LogP contribution in [0, 0.1) is 20.8 Å². The van der Waals surface area contributed by atoms with E-state index in [0.717, 1.165) is 27.7 Å². The molecule has 30 heavy (non-hydrogen) atoms. The fourth-order valence-corrected chi connectivity index (χ4v) is 4.17. The van der Waals surface area contributed by atoms with E-state index >= 15 is 0 Å². The SMILES string of the molecule is CC(=O)N1CCN(C(=O)CCc2c(C)c3cc4c(C)c(C)oc4cc3oc2=O)CC1. The van der Waals surface area contributed by atoms with E-state index in [1.54, 1.807) is 22.8 Å². The second kappa shape index (κ2) is 7.63. The second-order valence-electron chi connectivity index (χ2n) is 8.01. The second-order valence-corrected chi connectivity index (χ2v) is 8.01. The molecule has 1 fully saturated rings. The van der Waals surface area contributed by atoms with Crippen LogP contribution in [0.3, 0.4) is 0 Å². The average molecular weight is 410 g/mol. The van der Waals surface area contributed by atoms with Gasteiger partial charge in [0.25, 0.3) is 0 Å². The molecule has 1 aromatic carbocycles. The molecule has 4 rings (SSSR count). The normalized spacial score (nSPS) is 14.7. The zero-order valence-electron chi connectivity index (χ0n) is 17.8. The number of furan rings is 1. The van der Waals surface area contributed by atoms with Crippen LogP contribution in [-0.4, -0.2) is 47.8 Å². The summed E-state index contributed by atoms with van der Waals surface area (Å²) in [5.74, 6) is 0.869. The van der Waals surface area contributed by atoms with E-state index in [1.807, 2.05) is 26.8 Å². The average Bonchev–Trinajstić information content (AvgIpc) is 2.99. The molecule has 0 spiro atoms. The highest BCUT2D eigenvalue weighted by atomic mass is 16.4. The molecule has 0 N–H and O–H groups in total. The standard InChI is InChI=1S/C23H26N2O5/c1-13-15(3)29-20-12-21-19(11-18(13)20)14(2)17(23(28)30-21)5-6-22(27)25-9-7-24(8-10-25)16(4)26/h11-12H,5-10H2,1-4H3. The van der Waals surface area contributed by atoms with E-state index in [1.165, 1.54) is 0 Å². The van der Waals surface area contributed by atoms with Crippen molar-refractivity contribution in [2.75, 3.05) is 26.2 Å². The van der Waals surface area contributed by atoms with Crippen molar-refractivity contribution in [1.29, 1.82) is 0 Å². The number of nitrogens with zero attached hydrogens (tertiary/aromatic N) is 2. The third-order valence-corrected chi connectivity index (χ3v) is 6.25. The highest BCUT2D eigenvalue weighted by Gasteiger charge is 2.23. The van der Waals surface area contributed by atoms with Gasteiger partial charge in [-0.3, -0.25) is 9.59 Å². The van der Waals surface area contributed by atoms with Gasteiger partial charge in [0.2, 0.25) is 11.8 Å². The van der Waals surface area contributed by atoms with E-state index < -0.39 is 5.63 Å². The van der Waals surface area contributed by atoms with Crippen LogP contribution < -0.4 is 5.63 Å². The van der Waals surface area contributed by atoms with Crippen LogP contribution in [0.1, 0.15) is 35.8 Å². The van der Waals surface area contributed by atoms with Crippen molar-refractivity contribution < 1.29 is 18.4 Å². The Balaban J connectivity index is 1.56. The van der Waals surface area contributed by atoms with Crippen LogP contribution in [0.5, 0.6) is 0 Å². The maximum Gasteiger partial charge on any atom is 0.339 e. The highest BCUT2D eigenvalue weighted by molar-refractivity contribution is 5.96. The van der Waals surface area contributed by atoms with Gasteiger partial charge in [-0.2, -0.15) is 0 Å². The van der Waals surface area contributed by atoms with Crippen molar-refractivity contribution in [2.45, 2.75) is 40.5 Å². The Bertz CT molecular complexity index is 1210. The van der Waals surface area contributed by atoms with Gasteiger partial charge < -0.3 is 18.6 Å². The third kappa shape index (κ3) is 3.49. The number of hydrogen-bond donors (Lipinski definition) is 0. The topological polar surface area (TPSA) is 84.0 Å². The summed E-state index contributed by atoms with van der Waals surface area (Å²) < 4.78 is 11.3. The summed E-state index contributed by atoms with van der Waals surface area (Å²) >= 11 is 0. The van der Waals surface area contributed by atoms with Crippen molar-refractivity contribution in [3.05, 3.63) is 45.0 Å². The minimum atomic E-state index is -0.409. The van der Waals surface area contributed by atoms with Gasteiger partial charge in [0.1, 0.15) is 16.9 Å². The summed E-state index contributed by atoms with van der Waals surface area (Å²) in [6.45, 7) is 9.53. The number of fused-ring (bicyclic) bond motifs is 2. The molecule has 0 unspecified atom stereocenters. The molecule has 7 nitrogen and oxygen atoms in total. The molecule has 0 radical (unpaired) electrons. The van der Waals surface area contributed by atoms with Crippen LogP contribution in [0.2, 0.25) is 0 Å². The highest BCUT2D eigenvalue weighted by Crippen LogP contribution is 2.31. The molecule has 0 atom stereocenters. The first-order chi connectivity index (χ1) is 14.3. The molecule has 1 saturated heterocycles. The van der Waals surface area contributed by atoms with Crippen molar-refractivity contribution in [1.82, 2.24) is 9.80 Å². The Kier molecular flexibility index (Phi) is 5.13. The number of piperazine rings is 1. The molecule has 2 amide bonds. The van der Waals surface area contributed by atoms with E-state index in [4.69, 9.17) is 8.83 Å². The molecule has 3 aromatic rings. The fourth-order valence-electron chi connectivity index (χ4n) is 4.17. The van der Waals surface area contributed by atoms with Crippen molar-refractivity contribution in [3.8, 4) is 0 Å². The number of rotatable bonds is 3.